The zero-order valence-electron chi connectivity index (χ0n) is 25.7. The Kier molecular flexibility index (Phi) is 18.4. The van der Waals surface area contributed by atoms with Crippen LogP contribution < -0.4 is 0 Å². The van der Waals surface area contributed by atoms with Crippen molar-refractivity contribution in [1.29, 1.82) is 0 Å². The van der Waals surface area contributed by atoms with Crippen molar-refractivity contribution in [2.24, 2.45) is 0 Å². The first-order chi connectivity index (χ1) is 20.2. The zero-order valence-corrected chi connectivity index (χ0v) is 25.7. The van der Waals surface area contributed by atoms with Gasteiger partial charge in [-0.05, 0) is 44.9 Å². The highest BCUT2D eigenvalue weighted by Crippen LogP contribution is 2.15. The summed E-state index contributed by atoms with van der Waals surface area (Å²) >= 11 is 0. The zero-order chi connectivity index (χ0) is 33.3. The van der Waals surface area contributed by atoms with Crippen LogP contribution in [-0.4, -0.2) is 94.7 Å². The number of carbonyl (C=O) groups is 7. The van der Waals surface area contributed by atoms with Gasteiger partial charge in [0.15, 0.2) is 42.7 Å². The van der Waals surface area contributed by atoms with Gasteiger partial charge in [0.1, 0.15) is 0 Å². The van der Waals surface area contributed by atoms with Crippen LogP contribution in [0.3, 0.4) is 0 Å². The second-order valence-corrected chi connectivity index (χ2v) is 9.26. The summed E-state index contributed by atoms with van der Waals surface area (Å²) in [6.45, 7) is 10.5. The molecule has 0 fully saturated rings. The molecule has 0 aromatic carbocycles. The largest absolute Gasteiger partial charge is 0.479 e. The molecule has 15 nitrogen and oxygen atoms in total. The van der Waals surface area contributed by atoms with Crippen LogP contribution in [0, 0.1) is 0 Å². The van der Waals surface area contributed by atoms with Crippen molar-refractivity contribution in [3.8, 4) is 0 Å². The summed E-state index contributed by atoms with van der Waals surface area (Å²) in [5.74, 6) is -7.81. The number of aliphatic carboxylic acids is 1. The fourth-order valence-corrected chi connectivity index (χ4v) is 3.26. The summed E-state index contributed by atoms with van der Waals surface area (Å²) in [6.07, 6.45) is -10.4. The maximum atomic E-state index is 12.8. The molecule has 0 rings (SSSR count). The van der Waals surface area contributed by atoms with Gasteiger partial charge in [-0.1, -0.05) is 48.5 Å². The van der Waals surface area contributed by atoms with Crippen LogP contribution in [0.2, 0.25) is 0 Å². The Morgan fingerprint density at radius 2 is 0.605 bits per heavy atom. The van der Waals surface area contributed by atoms with Gasteiger partial charge in [0.2, 0.25) is 0 Å². The number of carboxylic acids is 1. The second-order valence-electron chi connectivity index (χ2n) is 9.26. The van der Waals surface area contributed by atoms with E-state index < -0.39 is 84.5 Å². The summed E-state index contributed by atoms with van der Waals surface area (Å²) in [4.78, 5) is 86.0. The minimum absolute atomic E-state index is 0.000259. The molecule has 0 aliphatic rings. The summed E-state index contributed by atoms with van der Waals surface area (Å²) in [5, 5.41) is 18.7. The first-order valence-electron chi connectivity index (χ1n) is 14.4. The average Bonchev–Trinajstić information content (AvgIpc) is 2.99. The van der Waals surface area contributed by atoms with E-state index in [0.717, 1.165) is 0 Å². The molecule has 0 unspecified atom stereocenters. The molecular formula is C28H44O15. The number of aliphatic hydroxyl groups excluding tert-OH is 1. The molecule has 7 atom stereocenters. The lowest BCUT2D eigenvalue weighted by molar-refractivity contribution is -0.191. The van der Waals surface area contributed by atoms with Crippen molar-refractivity contribution in [3.05, 3.63) is 0 Å². The van der Waals surface area contributed by atoms with E-state index in [2.05, 4.69) is 0 Å². The van der Waals surface area contributed by atoms with Gasteiger partial charge < -0.3 is 38.6 Å². The van der Waals surface area contributed by atoms with Gasteiger partial charge in [0, 0.05) is 0 Å². The summed E-state index contributed by atoms with van der Waals surface area (Å²) in [6, 6.07) is 0. The minimum Gasteiger partial charge on any atom is -0.479 e. The normalized spacial score (nSPS) is 15.7. The van der Waals surface area contributed by atoms with E-state index in [9.17, 15) is 38.7 Å². The van der Waals surface area contributed by atoms with Crippen LogP contribution in [0.5, 0.6) is 0 Å². The highest BCUT2D eigenvalue weighted by molar-refractivity contribution is 5.87. The van der Waals surface area contributed by atoms with Gasteiger partial charge >= 0.3 is 41.8 Å². The highest BCUT2D eigenvalue weighted by Gasteiger charge is 2.36. The smallest absolute Gasteiger partial charge is 0.348 e. The lowest BCUT2D eigenvalue weighted by Gasteiger charge is -2.24. The number of aliphatic hydroxyl groups is 1. The van der Waals surface area contributed by atoms with Gasteiger partial charge in [-0.15, -0.1) is 0 Å². The van der Waals surface area contributed by atoms with Crippen LogP contribution in [0.4, 0.5) is 0 Å². The van der Waals surface area contributed by atoms with Crippen molar-refractivity contribution >= 4 is 41.8 Å². The SMILES string of the molecule is CC[C@H](OC(=O)[C@H](CC)OC(=O)[C@H](CC)OC(=O)[C@H](CC)OC(=O)[C@H](CC)OC(=O)[C@H](CC)OC(=O)[C@@H](O)CC)C(=O)O. The van der Waals surface area contributed by atoms with E-state index in [1.807, 2.05) is 0 Å². The molecule has 15 heteroatoms. The molecule has 0 radical (unpaired) electrons. The van der Waals surface area contributed by atoms with Crippen molar-refractivity contribution in [3.63, 3.8) is 0 Å². The Labute approximate surface area is 250 Å². The molecule has 0 saturated heterocycles. The molecule has 246 valence electrons. The standard InChI is InChI=1S/C28H44O15/c1-8-15(29)23(32)39-17(10-3)25(34)41-19(12-5)27(36)43-21(14-7)28(37)42-20(13-6)26(35)40-18(11-4)24(33)38-16(9-2)22(30)31/h15-21,29H,8-14H2,1-7H3,(H,30,31)/t15-,16-,17-,18-,19-,20-,21-/m0/s1. The van der Waals surface area contributed by atoms with Crippen LogP contribution in [0.25, 0.3) is 0 Å². The molecule has 0 saturated carbocycles. The second kappa shape index (κ2) is 20.2. The molecule has 43 heavy (non-hydrogen) atoms. The van der Waals surface area contributed by atoms with Crippen LogP contribution in [0.1, 0.15) is 93.4 Å². The van der Waals surface area contributed by atoms with E-state index >= 15 is 0 Å². The van der Waals surface area contributed by atoms with Crippen molar-refractivity contribution in [1.82, 2.24) is 0 Å². The first kappa shape index (κ1) is 39.2. The third-order valence-corrected chi connectivity index (χ3v) is 6.02. The topological polar surface area (TPSA) is 215 Å². The number of hydrogen-bond donors (Lipinski definition) is 2. The predicted molar refractivity (Wildman–Crippen MR) is 145 cm³/mol. The molecule has 0 aromatic heterocycles. The Bertz CT molecular complexity index is 962. The quantitative estimate of drug-likeness (QED) is 0.146. The Morgan fingerprint density at radius 3 is 0.791 bits per heavy atom. The number of ether oxygens (including phenoxy) is 6. The Hall–Kier alpha value is -3.75. The molecule has 0 heterocycles. The molecule has 0 amide bonds. The van der Waals surface area contributed by atoms with Crippen LogP contribution in [-0.2, 0) is 62.0 Å². The summed E-state index contributed by atoms with van der Waals surface area (Å²) < 4.78 is 30.5. The molecule has 0 spiro atoms. The maximum absolute atomic E-state index is 12.8. The van der Waals surface area contributed by atoms with Gasteiger partial charge in [-0.25, -0.2) is 33.6 Å². The van der Waals surface area contributed by atoms with Gasteiger partial charge in [0.25, 0.3) is 0 Å². The molecule has 0 aliphatic carbocycles. The molecule has 2 N–H and O–H groups in total. The number of esters is 6. The number of hydrogen-bond acceptors (Lipinski definition) is 14. The Morgan fingerprint density at radius 1 is 0.395 bits per heavy atom. The minimum atomic E-state index is -1.51. The van der Waals surface area contributed by atoms with Crippen LogP contribution >= 0.6 is 0 Å². The molecular weight excluding hydrogens is 576 g/mol. The van der Waals surface area contributed by atoms with Gasteiger partial charge in [-0.2, -0.15) is 0 Å². The summed E-state index contributed by atoms with van der Waals surface area (Å²) in [5.41, 5.74) is 0. The number of carboxylic acid groups (broad SMARTS) is 1. The van der Waals surface area contributed by atoms with Crippen molar-refractivity contribution < 1.29 is 72.2 Å². The third-order valence-electron chi connectivity index (χ3n) is 6.02. The van der Waals surface area contributed by atoms with E-state index in [-0.39, 0.29) is 44.9 Å². The number of carbonyl (C=O) groups excluding carboxylic acids is 6. The maximum Gasteiger partial charge on any atom is 0.348 e. The van der Waals surface area contributed by atoms with Crippen molar-refractivity contribution in [2.45, 2.75) is 136 Å². The number of rotatable bonds is 20. The average molecular weight is 621 g/mol. The van der Waals surface area contributed by atoms with Gasteiger partial charge in [-0.3, -0.25) is 0 Å². The van der Waals surface area contributed by atoms with E-state index in [0.29, 0.717) is 0 Å². The molecule has 0 aliphatic heterocycles. The van der Waals surface area contributed by atoms with E-state index in [4.69, 9.17) is 33.5 Å². The lowest BCUT2D eigenvalue weighted by atomic mass is 10.2. The fraction of sp³-hybridized carbons (Fsp3) is 0.750. The van der Waals surface area contributed by atoms with E-state index in [1.54, 1.807) is 6.92 Å². The monoisotopic (exact) mass is 620 g/mol. The fourth-order valence-electron chi connectivity index (χ4n) is 3.26. The van der Waals surface area contributed by atoms with Crippen LogP contribution in [0.15, 0.2) is 0 Å². The molecule has 0 aromatic rings. The Balaban J connectivity index is 5.35. The third kappa shape index (κ3) is 13.0. The highest BCUT2D eigenvalue weighted by atomic mass is 16.7. The van der Waals surface area contributed by atoms with Gasteiger partial charge in [0.05, 0.1) is 0 Å². The van der Waals surface area contributed by atoms with E-state index in [1.165, 1.54) is 41.5 Å². The predicted octanol–water partition coefficient (Wildman–Crippen LogP) is 1.77. The summed E-state index contributed by atoms with van der Waals surface area (Å²) in [7, 11) is 0. The van der Waals surface area contributed by atoms with Crippen molar-refractivity contribution in [2.75, 3.05) is 0 Å². The molecule has 0 bridgehead atoms. The lowest BCUT2D eigenvalue weighted by Crippen LogP contribution is -2.41. The first-order valence-corrected chi connectivity index (χ1v) is 14.4.